The zero-order valence-corrected chi connectivity index (χ0v) is 16.1. The van der Waals surface area contributed by atoms with Gasteiger partial charge in [0.15, 0.2) is 5.82 Å². The van der Waals surface area contributed by atoms with Crippen molar-refractivity contribution in [3.63, 3.8) is 0 Å². The van der Waals surface area contributed by atoms with Crippen LogP contribution in [0, 0.1) is 0 Å². The molecule has 0 aliphatic carbocycles. The van der Waals surface area contributed by atoms with Crippen LogP contribution in [-0.4, -0.2) is 36.9 Å². The summed E-state index contributed by atoms with van der Waals surface area (Å²) in [7, 11) is 0. The summed E-state index contributed by atoms with van der Waals surface area (Å²) in [6.07, 6.45) is -0.0537. The Labute approximate surface area is 170 Å². The number of hydrogen-bond acceptors (Lipinski definition) is 6. The normalized spacial score (nSPS) is 15.6. The number of fused-ring (bicyclic) bond motifs is 1. The van der Waals surface area contributed by atoms with Gasteiger partial charge in [-0.15, -0.1) is 10.2 Å². The van der Waals surface area contributed by atoms with Gasteiger partial charge in [0.05, 0.1) is 17.4 Å². The van der Waals surface area contributed by atoms with Gasteiger partial charge in [0.1, 0.15) is 12.4 Å². The molecule has 4 rings (SSSR count). The summed E-state index contributed by atoms with van der Waals surface area (Å²) in [4.78, 5) is 11.3. The fourth-order valence-electron chi connectivity index (χ4n) is 2.74. The van der Waals surface area contributed by atoms with Crippen LogP contribution in [0.15, 0.2) is 64.9 Å². The zero-order valence-electron chi connectivity index (χ0n) is 14.5. The number of thioether (sulfide) groups is 1. The number of hydrogen-bond donors (Lipinski definition) is 1. The van der Waals surface area contributed by atoms with Gasteiger partial charge in [0.2, 0.25) is 5.16 Å². The molecular formula is C19H15ClN4O3S. The van der Waals surface area contributed by atoms with Gasteiger partial charge in [0.25, 0.3) is 0 Å². The topological polar surface area (TPSA) is 89.6 Å². The maximum absolute atomic E-state index is 11.3. The molecule has 0 saturated heterocycles. The highest BCUT2D eigenvalue weighted by Crippen LogP contribution is 2.32. The Kier molecular flexibility index (Phi) is 5.31. The first-order chi connectivity index (χ1) is 13.6. The second-order valence-corrected chi connectivity index (χ2v) is 7.62. The van der Waals surface area contributed by atoms with Crippen LogP contribution in [-0.2, 0) is 11.4 Å². The molecule has 3 aromatic rings. The summed E-state index contributed by atoms with van der Waals surface area (Å²) in [5, 5.41) is 23.1. The third kappa shape index (κ3) is 4.02. The molecule has 0 radical (unpaired) electrons. The first kappa shape index (κ1) is 18.5. The lowest BCUT2D eigenvalue weighted by Crippen LogP contribution is -2.27. The molecule has 2 aromatic carbocycles. The quantitative estimate of drug-likeness (QED) is 0.661. The Morgan fingerprint density at radius 2 is 1.89 bits per heavy atom. The molecule has 0 amide bonds. The number of halogens is 1. The largest absolute Gasteiger partial charge is 0.486 e. The van der Waals surface area contributed by atoms with Crippen molar-refractivity contribution in [2.24, 2.45) is 5.10 Å². The first-order valence-corrected chi connectivity index (χ1v) is 9.71. The highest BCUT2D eigenvalue weighted by Gasteiger charge is 2.30. The minimum absolute atomic E-state index is 0.0537. The number of carboxylic acid groups (broad SMARTS) is 1. The molecular weight excluding hydrogens is 400 g/mol. The van der Waals surface area contributed by atoms with Gasteiger partial charge in [0, 0.05) is 5.02 Å². The molecule has 0 saturated carbocycles. The van der Waals surface area contributed by atoms with Crippen molar-refractivity contribution in [1.82, 2.24) is 14.9 Å². The van der Waals surface area contributed by atoms with E-state index >= 15 is 0 Å². The van der Waals surface area contributed by atoms with E-state index in [2.05, 4.69) is 15.3 Å². The number of nitrogens with zero attached hydrogens (tertiary/aromatic N) is 4. The number of carbonyl (C=O) groups is 1. The maximum atomic E-state index is 11.3. The highest BCUT2D eigenvalue weighted by molar-refractivity contribution is 8.00. The molecule has 0 bridgehead atoms. The van der Waals surface area contributed by atoms with Crippen LogP contribution in [0.25, 0.3) is 0 Å². The van der Waals surface area contributed by atoms with E-state index < -0.39 is 5.97 Å². The monoisotopic (exact) mass is 414 g/mol. The molecule has 28 heavy (non-hydrogen) atoms. The van der Waals surface area contributed by atoms with Gasteiger partial charge in [-0.3, -0.25) is 4.79 Å². The number of ether oxygens (including phenoxy) is 1. The minimum Gasteiger partial charge on any atom is -0.486 e. The Bertz CT molecular complexity index is 1020. The molecule has 1 aromatic heterocycles. The van der Waals surface area contributed by atoms with E-state index in [1.165, 1.54) is 11.8 Å². The summed E-state index contributed by atoms with van der Waals surface area (Å²) in [5.41, 5.74) is 1.54. The van der Waals surface area contributed by atoms with Gasteiger partial charge in [-0.05, 0) is 29.8 Å². The molecule has 0 unspecified atom stereocenters. The van der Waals surface area contributed by atoms with Crippen molar-refractivity contribution in [1.29, 1.82) is 0 Å². The molecule has 7 nitrogen and oxygen atoms in total. The lowest BCUT2D eigenvalue weighted by Gasteiger charge is -2.22. The molecule has 0 spiro atoms. The molecule has 2 heterocycles. The minimum atomic E-state index is -0.889. The Balaban J connectivity index is 1.63. The zero-order chi connectivity index (χ0) is 19.5. The number of carboxylic acids is 1. The van der Waals surface area contributed by atoms with E-state index in [-0.39, 0.29) is 18.3 Å². The summed E-state index contributed by atoms with van der Waals surface area (Å²) < 4.78 is 7.36. The average molecular weight is 415 g/mol. The predicted octanol–water partition coefficient (Wildman–Crippen LogP) is 3.71. The second kappa shape index (κ2) is 8.04. The molecule has 142 valence electrons. The SMILES string of the molecule is O=C(O)C[C@@H]1Sc2nnc(COc3ccc(Cl)cc3)n2N=C1c1ccccc1. The Hall–Kier alpha value is -2.84. The van der Waals surface area contributed by atoms with Gasteiger partial charge < -0.3 is 9.84 Å². The van der Waals surface area contributed by atoms with Crippen LogP contribution >= 0.6 is 23.4 Å². The Morgan fingerprint density at radius 3 is 2.61 bits per heavy atom. The lowest BCUT2D eigenvalue weighted by molar-refractivity contribution is -0.136. The number of rotatable bonds is 6. The summed E-state index contributed by atoms with van der Waals surface area (Å²) in [6.45, 7) is 0.171. The molecule has 9 heteroatoms. The Morgan fingerprint density at radius 1 is 1.14 bits per heavy atom. The van der Waals surface area contributed by atoms with E-state index in [9.17, 15) is 9.90 Å². The fraction of sp³-hybridized carbons (Fsp3) is 0.158. The van der Waals surface area contributed by atoms with Gasteiger partial charge in [-0.1, -0.05) is 53.7 Å². The molecule has 0 fully saturated rings. The third-order valence-corrected chi connectivity index (χ3v) is 5.44. The van der Waals surface area contributed by atoms with E-state index in [1.54, 1.807) is 28.9 Å². The fourth-order valence-corrected chi connectivity index (χ4v) is 3.98. The highest BCUT2D eigenvalue weighted by atomic mass is 35.5. The smallest absolute Gasteiger partial charge is 0.304 e. The molecule has 1 N–H and O–H groups in total. The number of benzene rings is 2. The van der Waals surface area contributed by atoms with Crippen molar-refractivity contribution in [2.75, 3.05) is 0 Å². The van der Waals surface area contributed by atoms with E-state index in [0.29, 0.717) is 27.5 Å². The predicted molar refractivity (Wildman–Crippen MR) is 106 cm³/mol. The summed E-state index contributed by atoms with van der Waals surface area (Å²) in [6, 6.07) is 16.5. The van der Waals surface area contributed by atoms with Crippen LogP contribution in [0.4, 0.5) is 0 Å². The summed E-state index contributed by atoms with van der Waals surface area (Å²) >= 11 is 7.22. The van der Waals surface area contributed by atoms with Gasteiger partial charge >= 0.3 is 5.97 Å². The van der Waals surface area contributed by atoms with Crippen LogP contribution in [0.5, 0.6) is 5.75 Å². The lowest BCUT2D eigenvalue weighted by atomic mass is 10.1. The standard InChI is InChI=1S/C19H15ClN4O3S/c20-13-6-8-14(9-7-13)27-11-16-21-22-19-24(16)23-18(12-4-2-1-3-5-12)15(28-19)10-17(25)26/h1-9,15H,10-11H2,(H,25,26)/t15-/m0/s1. The van der Waals surface area contributed by atoms with E-state index in [0.717, 1.165) is 5.56 Å². The van der Waals surface area contributed by atoms with E-state index in [4.69, 9.17) is 16.3 Å². The molecule has 1 aliphatic heterocycles. The number of aromatic nitrogens is 3. The summed E-state index contributed by atoms with van der Waals surface area (Å²) in [5.74, 6) is 0.293. The van der Waals surface area contributed by atoms with Crippen molar-refractivity contribution >= 4 is 35.0 Å². The van der Waals surface area contributed by atoms with Crippen molar-refractivity contribution < 1.29 is 14.6 Å². The average Bonchev–Trinajstić information content (AvgIpc) is 3.09. The van der Waals surface area contributed by atoms with E-state index in [1.807, 2.05) is 30.3 Å². The van der Waals surface area contributed by atoms with Gasteiger partial charge in [-0.25, -0.2) is 0 Å². The first-order valence-electron chi connectivity index (χ1n) is 8.45. The molecule has 1 atom stereocenters. The van der Waals surface area contributed by atoms with Crippen molar-refractivity contribution in [3.8, 4) is 5.75 Å². The number of aliphatic carboxylic acids is 1. The van der Waals surface area contributed by atoms with Crippen LogP contribution < -0.4 is 4.74 Å². The third-order valence-electron chi connectivity index (χ3n) is 4.05. The van der Waals surface area contributed by atoms with Crippen LogP contribution in [0.3, 0.4) is 0 Å². The van der Waals surface area contributed by atoms with Crippen molar-refractivity contribution in [2.45, 2.75) is 23.4 Å². The second-order valence-electron chi connectivity index (χ2n) is 6.01. The maximum Gasteiger partial charge on any atom is 0.304 e. The molecule has 1 aliphatic rings. The van der Waals surface area contributed by atoms with Crippen LogP contribution in [0.2, 0.25) is 5.02 Å². The van der Waals surface area contributed by atoms with Crippen LogP contribution in [0.1, 0.15) is 17.8 Å². The van der Waals surface area contributed by atoms with Crippen molar-refractivity contribution in [3.05, 3.63) is 71.0 Å². The van der Waals surface area contributed by atoms with Gasteiger partial charge in [-0.2, -0.15) is 9.78 Å².